The zero-order valence-electron chi connectivity index (χ0n) is 14.0. The second-order valence-electron chi connectivity index (χ2n) is 4.96. The Labute approximate surface area is 149 Å². The smallest absolute Gasteiger partial charge is 0.277 e. The van der Waals surface area contributed by atoms with Gasteiger partial charge in [0.15, 0.2) is 11.5 Å². The number of carbonyl (C=O) groups is 1. The van der Waals surface area contributed by atoms with Crippen LogP contribution in [-0.2, 0) is 6.54 Å². The molecule has 0 unspecified atom stereocenters. The number of nitrogen functional groups attached to an aromatic ring is 1. The average molecular weight is 370 g/mol. The summed E-state index contributed by atoms with van der Waals surface area (Å²) in [6.45, 7) is 3.81. The number of amides is 1. The number of nitrogens with zero attached hydrogens (tertiary/aromatic N) is 2. The van der Waals surface area contributed by atoms with Gasteiger partial charge in [-0.1, -0.05) is 11.6 Å². The van der Waals surface area contributed by atoms with Gasteiger partial charge in [0.2, 0.25) is 11.5 Å². The molecule has 0 radical (unpaired) electrons. The Morgan fingerprint density at radius 3 is 2.76 bits per heavy atom. The van der Waals surface area contributed by atoms with Crippen LogP contribution in [0.3, 0.4) is 0 Å². The zero-order valence-corrected chi connectivity index (χ0v) is 14.7. The molecular weight excluding hydrogens is 350 g/mol. The van der Waals surface area contributed by atoms with Gasteiger partial charge in [-0.25, -0.2) is 4.63 Å². The summed E-state index contributed by atoms with van der Waals surface area (Å²) in [5.74, 6) is 0.732. The van der Waals surface area contributed by atoms with Gasteiger partial charge in [0.25, 0.3) is 5.91 Å². The molecule has 2 rings (SSSR count). The van der Waals surface area contributed by atoms with Crippen molar-refractivity contribution in [1.82, 2.24) is 20.9 Å². The van der Waals surface area contributed by atoms with Crippen molar-refractivity contribution in [3.8, 4) is 11.5 Å². The number of anilines is 1. The first-order chi connectivity index (χ1) is 12.1. The second kappa shape index (κ2) is 9.09. The number of hydrogen-bond donors (Lipinski definition) is 3. The van der Waals surface area contributed by atoms with E-state index >= 15 is 0 Å². The summed E-state index contributed by atoms with van der Waals surface area (Å²) in [7, 11) is 1.57. The van der Waals surface area contributed by atoms with Crippen LogP contribution in [0.15, 0.2) is 16.8 Å². The van der Waals surface area contributed by atoms with E-state index in [1.807, 2.05) is 13.0 Å². The van der Waals surface area contributed by atoms with E-state index < -0.39 is 5.91 Å². The molecule has 1 heterocycles. The first-order valence-corrected chi connectivity index (χ1v) is 8.00. The lowest BCUT2D eigenvalue weighted by molar-refractivity contribution is 0.0944. The molecule has 0 aliphatic heterocycles. The number of ether oxygens (including phenoxy) is 2. The van der Waals surface area contributed by atoms with E-state index in [9.17, 15) is 4.79 Å². The van der Waals surface area contributed by atoms with E-state index in [1.165, 1.54) is 0 Å². The molecule has 9 nitrogen and oxygen atoms in total. The highest BCUT2D eigenvalue weighted by atomic mass is 35.5. The fraction of sp³-hybridized carbons (Fsp3) is 0.400. The van der Waals surface area contributed by atoms with Crippen LogP contribution in [0, 0.1) is 0 Å². The molecule has 136 valence electrons. The summed E-state index contributed by atoms with van der Waals surface area (Å²) in [5, 5.41) is 13.2. The average Bonchev–Trinajstić information content (AvgIpc) is 3.02. The van der Waals surface area contributed by atoms with Crippen LogP contribution in [0.25, 0.3) is 0 Å². The maximum Gasteiger partial charge on any atom is 0.277 e. The van der Waals surface area contributed by atoms with Crippen molar-refractivity contribution in [1.29, 1.82) is 0 Å². The molecule has 0 bridgehead atoms. The van der Waals surface area contributed by atoms with Crippen molar-refractivity contribution in [2.24, 2.45) is 0 Å². The third kappa shape index (κ3) is 4.97. The van der Waals surface area contributed by atoms with Crippen LogP contribution in [0.5, 0.6) is 11.5 Å². The molecule has 0 aliphatic rings. The van der Waals surface area contributed by atoms with Crippen LogP contribution in [-0.4, -0.2) is 43.0 Å². The predicted molar refractivity (Wildman–Crippen MR) is 91.9 cm³/mol. The SMILES string of the molecule is CCOc1cc(Cl)c(CNCCNC(=O)c2nonc2N)cc1OC. The van der Waals surface area contributed by atoms with Crippen molar-refractivity contribution >= 4 is 23.3 Å². The zero-order chi connectivity index (χ0) is 18.2. The number of halogens is 1. The molecule has 1 aromatic carbocycles. The fourth-order valence-corrected chi connectivity index (χ4v) is 2.29. The fourth-order valence-electron chi connectivity index (χ4n) is 2.06. The van der Waals surface area contributed by atoms with Crippen molar-refractivity contribution in [3.63, 3.8) is 0 Å². The molecule has 0 saturated heterocycles. The summed E-state index contributed by atoms with van der Waals surface area (Å²) in [4.78, 5) is 11.8. The van der Waals surface area contributed by atoms with Gasteiger partial charge in [-0.05, 0) is 28.9 Å². The summed E-state index contributed by atoms with van der Waals surface area (Å²) in [6.07, 6.45) is 0. The largest absolute Gasteiger partial charge is 0.493 e. The number of methoxy groups -OCH3 is 1. The minimum atomic E-state index is -0.443. The van der Waals surface area contributed by atoms with Crippen molar-refractivity contribution < 1.29 is 18.9 Å². The number of nitrogens with two attached hydrogens (primary N) is 1. The van der Waals surface area contributed by atoms with E-state index in [0.29, 0.717) is 42.8 Å². The van der Waals surface area contributed by atoms with Crippen LogP contribution in [0.1, 0.15) is 23.0 Å². The van der Waals surface area contributed by atoms with E-state index in [4.69, 9.17) is 26.8 Å². The van der Waals surface area contributed by atoms with E-state index in [1.54, 1.807) is 13.2 Å². The van der Waals surface area contributed by atoms with Crippen LogP contribution in [0.2, 0.25) is 5.02 Å². The lowest BCUT2D eigenvalue weighted by atomic mass is 10.2. The third-order valence-electron chi connectivity index (χ3n) is 3.26. The molecule has 0 fully saturated rings. The predicted octanol–water partition coefficient (Wildman–Crippen LogP) is 1.23. The summed E-state index contributed by atoms with van der Waals surface area (Å²) < 4.78 is 15.2. The molecule has 0 saturated carbocycles. The van der Waals surface area contributed by atoms with E-state index in [2.05, 4.69) is 25.6 Å². The maximum absolute atomic E-state index is 11.8. The van der Waals surface area contributed by atoms with Gasteiger partial charge in [0.05, 0.1) is 13.7 Å². The third-order valence-corrected chi connectivity index (χ3v) is 3.62. The van der Waals surface area contributed by atoms with Gasteiger partial charge in [0, 0.05) is 30.7 Å². The Balaban J connectivity index is 1.81. The van der Waals surface area contributed by atoms with Crippen LogP contribution >= 0.6 is 11.6 Å². The Morgan fingerprint density at radius 2 is 2.12 bits per heavy atom. The normalized spacial score (nSPS) is 10.5. The van der Waals surface area contributed by atoms with Crippen LogP contribution in [0.4, 0.5) is 5.82 Å². The Kier molecular flexibility index (Phi) is 6.84. The van der Waals surface area contributed by atoms with E-state index in [0.717, 1.165) is 5.56 Å². The molecule has 4 N–H and O–H groups in total. The van der Waals surface area contributed by atoms with Gasteiger partial charge < -0.3 is 25.8 Å². The lowest BCUT2D eigenvalue weighted by Crippen LogP contribution is -2.32. The van der Waals surface area contributed by atoms with Crippen molar-refractivity contribution in [3.05, 3.63) is 28.4 Å². The molecule has 0 atom stereocenters. The highest BCUT2D eigenvalue weighted by Crippen LogP contribution is 2.33. The molecular formula is C15H20ClN5O4. The number of hydrogen-bond acceptors (Lipinski definition) is 8. The Bertz CT molecular complexity index is 722. The second-order valence-corrected chi connectivity index (χ2v) is 5.37. The number of aromatic nitrogens is 2. The molecule has 1 aromatic heterocycles. The molecule has 25 heavy (non-hydrogen) atoms. The Morgan fingerprint density at radius 1 is 1.32 bits per heavy atom. The molecule has 10 heteroatoms. The lowest BCUT2D eigenvalue weighted by Gasteiger charge is -2.13. The van der Waals surface area contributed by atoms with Crippen molar-refractivity contribution in [2.45, 2.75) is 13.5 Å². The van der Waals surface area contributed by atoms with Gasteiger partial charge in [-0.2, -0.15) is 0 Å². The summed E-state index contributed by atoms with van der Waals surface area (Å²) >= 11 is 6.26. The monoisotopic (exact) mass is 369 g/mol. The summed E-state index contributed by atoms with van der Waals surface area (Å²) in [6, 6.07) is 3.55. The highest BCUT2D eigenvalue weighted by Gasteiger charge is 2.15. The number of nitrogens with one attached hydrogen (secondary N) is 2. The van der Waals surface area contributed by atoms with Gasteiger partial charge in [-0.3, -0.25) is 4.79 Å². The molecule has 0 aliphatic carbocycles. The van der Waals surface area contributed by atoms with Gasteiger partial charge in [-0.15, -0.1) is 0 Å². The topological polar surface area (TPSA) is 125 Å². The standard InChI is InChI=1S/C15H20ClN5O4/c1-3-24-12-7-10(16)9(6-11(12)23-2)8-18-4-5-19-15(22)13-14(17)21-25-20-13/h6-7,18H,3-5,8H2,1-2H3,(H2,17,21)(H,19,22). The first kappa shape index (κ1) is 18.8. The number of carbonyl (C=O) groups excluding carboxylic acids is 1. The number of rotatable bonds is 9. The maximum atomic E-state index is 11.8. The minimum Gasteiger partial charge on any atom is -0.493 e. The van der Waals surface area contributed by atoms with Gasteiger partial charge in [0.1, 0.15) is 0 Å². The van der Waals surface area contributed by atoms with E-state index in [-0.39, 0.29) is 11.5 Å². The minimum absolute atomic E-state index is 0.0284. The van der Waals surface area contributed by atoms with Crippen molar-refractivity contribution in [2.75, 3.05) is 32.5 Å². The summed E-state index contributed by atoms with van der Waals surface area (Å²) in [5.41, 5.74) is 6.28. The highest BCUT2D eigenvalue weighted by molar-refractivity contribution is 6.31. The molecule has 0 spiro atoms. The Hall–Kier alpha value is -2.52. The van der Waals surface area contributed by atoms with Crippen LogP contribution < -0.4 is 25.8 Å². The molecule has 1 amide bonds. The molecule has 2 aromatic rings. The first-order valence-electron chi connectivity index (χ1n) is 7.63. The number of benzene rings is 1. The van der Waals surface area contributed by atoms with Gasteiger partial charge >= 0.3 is 0 Å². The quantitative estimate of drug-likeness (QED) is 0.564.